The summed E-state index contributed by atoms with van der Waals surface area (Å²) in [7, 11) is 1.94. The van der Waals surface area contributed by atoms with E-state index in [2.05, 4.69) is 12.2 Å². The summed E-state index contributed by atoms with van der Waals surface area (Å²) in [5.41, 5.74) is -0.522. The maximum atomic E-state index is 9.68. The van der Waals surface area contributed by atoms with Gasteiger partial charge in [-0.25, -0.2) is 0 Å². The van der Waals surface area contributed by atoms with Gasteiger partial charge < -0.3 is 10.4 Å². The highest BCUT2D eigenvalue weighted by molar-refractivity contribution is 4.76. The van der Waals surface area contributed by atoms with Crippen molar-refractivity contribution in [1.29, 1.82) is 0 Å². The van der Waals surface area contributed by atoms with Crippen molar-refractivity contribution in [3.8, 4) is 0 Å². The molecule has 0 heterocycles. The van der Waals surface area contributed by atoms with Crippen LogP contribution in [0.25, 0.3) is 0 Å². The lowest BCUT2D eigenvalue weighted by molar-refractivity contribution is 0.0119. The Morgan fingerprint density at radius 3 is 2.27 bits per heavy atom. The van der Waals surface area contributed by atoms with Crippen LogP contribution in [0.4, 0.5) is 0 Å². The molecule has 0 fully saturated rings. The molecule has 2 N–H and O–H groups in total. The van der Waals surface area contributed by atoms with Gasteiger partial charge in [0.15, 0.2) is 0 Å². The highest BCUT2D eigenvalue weighted by Gasteiger charge is 2.23. The van der Waals surface area contributed by atoms with Gasteiger partial charge in [-0.2, -0.15) is 0 Å². The predicted molar refractivity (Wildman–Crippen MR) is 48.6 cm³/mol. The summed E-state index contributed by atoms with van der Waals surface area (Å²) in [5, 5.41) is 12.8. The third-order valence-electron chi connectivity index (χ3n) is 2.23. The van der Waals surface area contributed by atoms with E-state index in [1.165, 1.54) is 0 Å². The molecule has 0 aliphatic rings. The van der Waals surface area contributed by atoms with Gasteiger partial charge in [0.2, 0.25) is 0 Å². The van der Waals surface area contributed by atoms with Crippen LogP contribution < -0.4 is 5.32 Å². The first-order valence-electron chi connectivity index (χ1n) is 4.39. The molecule has 0 spiro atoms. The summed E-state index contributed by atoms with van der Waals surface area (Å²) in [4.78, 5) is 0. The lowest BCUT2D eigenvalue weighted by Gasteiger charge is -2.28. The molecule has 1 unspecified atom stereocenters. The van der Waals surface area contributed by atoms with E-state index in [0.717, 1.165) is 19.4 Å². The molecule has 2 heteroatoms. The van der Waals surface area contributed by atoms with E-state index in [0.29, 0.717) is 5.92 Å². The van der Waals surface area contributed by atoms with E-state index in [-0.39, 0.29) is 0 Å². The molecule has 11 heavy (non-hydrogen) atoms. The normalized spacial score (nSPS) is 15.0. The van der Waals surface area contributed by atoms with E-state index in [1.807, 2.05) is 20.9 Å². The van der Waals surface area contributed by atoms with Crippen molar-refractivity contribution in [2.24, 2.45) is 5.92 Å². The molecule has 0 amide bonds. The minimum Gasteiger partial charge on any atom is -0.390 e. The molecule has 0 aliphatic carbocycles. The molecular formula is C9H21NO. The van der Waals surface area contributed by atoms with Crippen molar-refractivity contribution in [2.75, 3.05) is 13.6 Å². The standard InChI is InChI=1S/C9H21NO/c1-5-8(6-7-10-4)9(2,3)11/h8,10-11H,5-7H2,1-4H3. The summed E-state index contributed by atoms with van der Waals surface area (Å²) in [6.07, 6.45) is 2.10. The molecule has 0 radical (unpaired) electrons. The molecule has 68 valence electrons. The van der Waals surface area contributed by atoms with Gasteiger partial charge in [-0.05, 0) is 39.8 Å². The van der Waals surface area contributed by atoms with Crippen molar-refractivity contribution in [3.63, 3.8) is 0 Å². The third kappa shape index (κ3) is 4.38. The lowest BCUT2D eigenvalue weighted by Crippen LogP contribution is -2.32. The first-order valence-corrected chi connectivity index (χ1v) is 4.39. The molecule has 0 aromatic rings. The van der Waals surface area contributed by atoms with Crippen LogP contribution in [0.15, 0.2) is 0 Å². The monoisotopic (exact) mass is 159 g/mol. The molecule has 0 rings (SSSR count). The first kappa shape index (κ1) is 10.9. The predicted octanol–water partition coefficient (Wildman–Crippen LogP) is 1.39. The fourth-order valence-corrected chi connectivity index (χ4v) is 1.38. The van der Waals surface area contributed by atoms with Gasteiger partial charge in [-0.1, -0.05) is 13.3 Å². The van der Waals surface area contributed by atoms with Crippen LogP contribution in [0.5, 0.6) is 0 Å². The van der Waals surface area contributed by atoms with Crippen molar-refractivity contribution < 1.29 is 5.11 Å². The number of hydrogen-bond acceptors (Lipinski definition) is 2. The van der Waals surface area contributed by atoms with Gasteiger partial charge in [0.25, 0.3) is 0 Å². The summed E-state index contributed by atoms with van der Waals surface area (Å²) < 4.78 is 0. The number of nitrogens with one attached hydrogen (secondary N) is 1. The largest absolute Gasteiger partial charge is 0.390 e. The van der Waals surface area contributed by atoms with Gasteiger partial charge in [0, 0.05) is 0 Å². The van der Waals surface area contributed by atoms with Gasteiger partial charge >= 0.3 is 0 Å². The molecule has 0 aromatic heterocycles. The summed E-state index contributed by atoms with van der Waals surface area (Å²) >= 11 is 0. The van der Waals surface area contributed by atoms with Crippen LogP contribution in [0.2, 0.25) is 0 Å². The minimum absolute atomic E-state index is 0.412. The second kappa shape index (κ2) is 4.73. The molecule has 0 aliphatic heterocycles. The van der Waals surface area contributed by atoms with Crippen LogP contribution in [0.1, 0.15) is 33.6 Å². The Kier molecular flexibility index (Phi) is 4.69. The van der Waals surface area contributed by atoms with Gasteiger partial charge in [-0.3, -0.25) is 0 Å². The van der Waals surface area contributed by atoms with Gasteiger partial charge in [-0.15, -0.1) is 0 Å². The van der Waals surface area contributed by atoms with Crippen LogP contribution in [0.3, 0.4) is 0 Å². The number of aliphatic hydroxyl groups is 1. The number of rotatable bonds is 5. The first-order chi connectivity index (χ1) is 5.02. The zero-order valence-electron chi connectivity index (χ0n) is 8.15. The molecule has 1 atom stereocenters. The SMILES string of the molecule is CCC(CCNC)C(C)(C)O. The van der Waals surface area contributed by atoms with Crippen molar-refractivity contribution in [2.45, 2.75) is 39.2 Å². The zero-order valence-corrected chi connectivity index (χ0v) is 8.15. The maximum absolute atomic E-state index is 9.68. The zero-order chi connectivity index (χ0) is 8.91. The second-order valence-electron chi connectivity index (χ2n) is 3.65. The topological polar surface area (TPSA) is 32.3 Å². The Morgan fingerprint density at radius 1 is 1.45 bits per heavy atom. The summed E-state index contributed by atoms with van der Waals surface area (Å²) in [6.45, 7) is 6.88. The quantitative estimate of drug-likeness (QED) is 0.635. The van der Waals surface area contributed by atoms with Crippen LogP contribution in [-0.4, -0.2) is 24.3 Å². The van der Waals surface area contributed by atoms with E-state index in [4.69, 9.17) is 0 Å². The van der Waals surface area contributed by atoms with E-state index in [9.17, 15) is 5.11 Å². The van der Waals surface area contributed by atoms with Crippen LogP contribution in [-0.2, 0) is 0 Å². The van der Waals surface area contributed by atoms with Crippen molar-refractivity contribution in [3.05, 3.63) is 0 Å². The molecule has 0 saturated heterocycles. The van der Waals surface area contributed by atoms with Gasteiger partial charge in [0.05, 0.1) is 5.60 Å². The second-order valence-corrected chi connectivity index (χ2v) is 3.65. The molecule has 2 nitrogen and oxygen atoms in total. The molecule has 0 saturated carbocycles. The fourth-order valence-electron chi connectivity index (χ4n) is 1.38. The number of hydrogen-bond donors (Lipinski definition) is 2. The molecule has 0 bridgehead atoms. The third-order valence-corrected chi connectivity index (χ3v) is 2.23. The van der Waals surface area contributed by atoms with Crippen molar-refractivity contribution in [1.82, 2.24) is 5.32 Å². The van der Waals surface area contributed by atoms with E-state index < -0.39 is 5.60 Å². The Morgan fingerprint density at radius 2 is 2.00 bits per heavy atom. The Labute approximate surface area is 70.0 Å². The van der Waals surface area contributed by atoms with Crippen LogP contribution >= 0.6 is 0 Å². The highest BCUT2D eigenvalue weighted by atomic mass is 16.3. The van der Waals surface area contributed by atoms with Gasteiger partial charge in [0.1, 0.15) is 0 Å². The van der Waals surface area contributed by atoms with Crippen LogP contribution in [0, 0.1) is 5.92 Å². The minimum atomic E-state index is -0.522. The van der Waals surface area contributed by atoms with Crippen molar-refractivity contribution >= 4 is 0 Å². The average molecular weight is 159 g/mol. The fraction of sp³-hybridized carbons (Fsp3) is 1.00. The lowest BCUT2D eigenvalue weighted by atomic mass is 9.86. The van der Waals surface area contributed by atoms with E-state index in [1.54, 1.807) is 0 Å². The highest BCUT2D eigenvalue weighted by Crippen LogP contribution is 2.22. The van der Waals surface area contributed by atoms with E-state index >= 15 is 0 Å². The average Bonchev–Trinajstić information content (AvgIpc) is 1.87. The summed E-state index contributed by atoms with van der Waals surface area (Å²) in [5.74, 6) is 0.412. The maximum Gasteiger partial charge on any atom is 0.0620 e. The Hall–Kier alpha value is -0.0800. The molecular weight excluding hydrogens is 138 g/mol. The Balaban J connectivity index is 3.76. The molecule has 0 aromatic carbocycles. The summed E-state index contributed by atoms with van der Waals surface area (Å²) in [6, 6.07) is 0. The smallest absolute Gasteiger partial charge is 0.0620 e. The Bertz CT molecular complexity index is 96.2.